The quantitative estimate of drug-likeness (QED) is 0.294. The van der Waals surface area contributed by atoms with E-state index >= 15 is 0 Å². The smallest absolute Gasteiger partial charge is 0.329 e. The van der Waals surface area contributed by atoms with Crippen LogP contribution in [0.3, 0.4) is 0 Å². The molecule has 36 heavy (non-hydrogen) atoms. The third kappa shape index (κ3) is 6.05. The lowest BCUT2D eigenvalue weighted by Crippen LogP contribution is -2.38. The van der Waals surface area contributed by atoms with Gasteiger partial charge in [-0.3, -0.25) is 9.59 Å². The van der Waals surface area contributed by atoms with Gasteiger partial charge in [-0.15, -0.1) is 0 Å². The SMILES string of the molecule is CCc1ccccc1NC(=O)CN1C(=O)N/C(=C/c2ccc(OCc3ccc(Cl)c(Cl)c3)cc2)C1=O. The van der Waals surface area contributed by atoms with E-state index in [1.54, 1.807) is 48.5 Å². The fourth-order valence-electron chi connectivity index (χ4n) is 3.62. The second-order valence-electron chi connectivity index (χ2n) is 8.04. The Morgan fingerprint density at radius 2 is 1.78 bits per heavy atom. The Morgan fingerprint density at radius 3 is 2.50 bits per heavy atom. The Hall–Kier alpha value is -3.81. The van der Waals surface area contributed by atoms with Gasteiger partial charge in [0.2, 0.25) is 5.91 Å². The lowest BCUT2D eigenvalue weighted by molar-refractivity contribution is -0.127. The van der Waals surface area contributed by atoms with Gasteiger partial charge in [-0.25, -0.2) is 9.69 Å². The lowest BCUT2D eigenvalue weighted by Gasteiger charge is -2.13. The van der Waals surface area contributed by atoms with E-state index in [0.29, 0.717) is 33.7 Å². The predicted molar refractivity (Wildman–Crippen MR) is 140 cm³/mol. The Bertz CT molecular complexity index is 1340. The van der Waals surface area contributed by atoms with Gasteiger partial charge >= 0.3 is 6.03 Å². The van der Waals surface area contributed by atoms with Gasteiger partial charge in [0.1, 0.15) is 24.6 Å². The molecule has 0 aliphatic carbocycles. The number of aryl methyl sites for hydroxylation is 1. The molecule has 0 unspecified atom stereocenters. The van der Waals surface area contributed by atoms with Crippen LogP contribution in [0.1, 0.15) is 23.6 Å². The average molecular weight is 524 g/mol. The molecule has 3 aromatic rings. The molecule has 2 N–H and O–H groups in total. The molecule has 184 valence electrons. The number of hydrogen-bond donors (Lipinski definition) is 2. The third-order valence-corrected chi connectivity index (χ3v) is 6.26. The molecule has 0 atom stereocenters. The summed E-state index contributed by atoms with van der Waals surface area (Å²) in [7, 11) is 0. The third-order valence-electron chi connectivity index (χ3n) is 5.52. The van der Waals surface area contributed by atoms with Crippen molar-refractivity contribution in [3.8, 4) is 5.75 Å². The van der Waals surface area contributed by atoms with E-state index in [2.05, 4.69) is 10.6 Å². The van der Waals surface area contributed by atoms with Crippen molar-refractivity contribution in [1.29, 1.82) is 0 Å². The second kappa shape index (κ2) is 11.3. The van der Waals surface area contributed by atoms with E-state index in [9.17, 15) is 14.4 Å². The predicted octanol–water partition coefficient (Wildman–Crippen LogP) is 5.67. The summed E-state index contributed by atoms with van der Waals surface area (Å²) in [6.07, 6.45) is 2.29. The zero-order chi connectivity index (χ0) is 25.7. The maximum absolute atomic E-state index is 12.8. The molecule has 0 spiro atoms. The molecule has 0 aromatic heterocycles. The number of rotatable bonds is 8. The van der Waals surface area contributed by atoms with E-state index in [0.717, 1.165) is 22.4 Å². The van der Waals surface area contributed by atoms with Crippen LogP contribution < -0.4 is 15.4 Å². The number of benzene rings is 3. The van der Waals surface area contributed by atoms with Crippen molar-refractivity contribution in [1.82, 2.24) is 10.2 Å². The number of carbonyl (C=O) groups excluding carboxylic acids is 3. The van der Waals surface area contributed by atoms with Crippen LogP contribution in [0.15, 0.2) is 72.4 Å². The van der Waals surface area contributed by atoms with Gasteiger partial charge in [-0.1, -0.05) is 66.5 Å². The highest BCUT2D eigenvalue weighted by atomic mass is 35.5. The zero-order valence-corrected chi connectivity index (χ0v) is 20.9. The number of amides is 4. The minimum atomic E-state index is -0.647. The van der Waals surface area contributed by atoms with Gasteiger partial charge in [0, 0.05) is 5.69 Å². The molecule has 4 amide bonds. The fourth-order valence-corrected chi connectivity index (χ4v) is 3.94. The van der Waals surface area contributed by atoms with Gasteiger partial charge in [0.15, 0.2) is 0 Å². The van der Waals surface area contributed by atoms with Crippen LogP contribution in [0.2, 0.25) is 10.0 Å². The van der Waals surface area contributed by atoms with Crippen LogP contribution >= 0.6 is 23.2 Å². The maximum atomic E-state index is 12.8. The van der Waals surface area contributed by atoms with Gasteiger partial charge in [0.05, 0.1) is 10.0 Å². The van der Waals surface area contributed by atoms with Crippen LogP contribution in [0, 0.1) is 0 Å². The summed E-state index contributed by atoms with van der Waals surface area (Å²) in [6, 6.07) is 19.0. The molecule has 3 aromatic carbocycles. The highest BCUT2D eigenvalue weighted by Gasteiger charge is 2.35. The van der Waals surface area contributed by atoms with E-state index in [4.69, 9.17) is 27.9 Å². The van der Waals surface area contributed by atoms with E-state index in [-0.39, 0.29) is 12.2 Å². The summed E-state index contributed by atoms with van der Waals surface area (Å²) in [5.41, 5.74) is 3.27. The first-order valence-corrected chi connectivity index (χ1v) is 12.0. The molecule has 9 heteroatoms. The molecule has 0 bridgehead atoms. The molecule has 1 saturated heterocycles. The van der Waals surface area contributed by atoms with Crippen molar-refractivity contribution < 1.29 is 19.1 Å². The summed E-state index contributed by atoms with van der Waals surface area (Å²) in [5.74, 6) is -0.404. The van der Waals surface area contributed by atoms with Crippen LogP contribution in [0.25, 0.3) is 6.08 Å². The van der Waals surface area contributed by atoms with Crippen molar-refractivity contribution in [3.05, 3.63) is 99.2 Å². The van der Waals surface area contributed by atoms with Crippen molar-refractivity contribution >= 4 is 52.8 Å². The van der Waals surface area contributed by atoms with E-state index in [1.165, 1.54) is 0 Å². The standard InChI is InChI=1S/C27H23Cl2N3O4/c1-2-19-5-3-4-6-23(19)30-25(33)15-32-26(34)24(31-27(32)35)14-17-7-10-20(11-8-17)36-16-18-9-12-21(28)22(29)13-18/h3-14H,2,15-16H2,1H3,(H,30,33)(H,31,35)/b24-14+. The summed E-state index contributed by atoms with van der Waals surface area (Å²) in [4.78, 5) is 38.5. The van der Waals surface area contributed by atoms with Crippen LogP contribution in [0.4, 0.5) is 10.5 Å². The van der Waals surface area contributed by atoms with Gasteiger partial charge in [0.25, 0.3) is 5.91 Å². The Balaban J connectivity index is 1.36. The normalized spacial score (nSPS) is 14.2. The van der Waals surface area contributed by atoms with Crippen LogP contribution in [-0.2, 0) is 22.6 Å². The molecular formula is C27H23Cl2N3O4. The fraction of sp³-hybridized carbons (Fsp3) is 0.148. The minimum absolute atomic E-state index is 0.0891. The summed E-state index contributed by atoms with van der Waals surface area (Å²) < 4.78 is 5.76. The van der Waals surface area contributed by atoms with Crippen molar-refractivity contribution in [2.75, 3.05) is 11.9 Å². The Labute approximate surface area is 218 Å². The van der Waals surface area contributed by atoms with Crippen molar-refractivity contribution in [2.24, 2.45) is 0 Å². The lowest BCUT2D eigenvalue weighted by atomic mass is 10.1. The molecule has 4 rings (SSSR count). The first-order valence-electron chi connectivity index (χ1n) is 11.2. The number of nitrogens with zero attached hydrogens (tertiary/aromatic N) is 1. The van der Waals surface area contributed by atoms with E-state index in [1.807, 2.05) is 31.2 Å². The van der Waals surface area contributed by atoms with Gasteiger partial charge in [-0.05, 0) is 59.5 Å². The summed E-state index contributed by atoms with van der Waals surface area (Å²) in [5, 5.41) is 6.24. The second-order valence-corrected chi connectivity index (χ2v) is 8.86. The number of hydrogen-bond acceptors (Lipinski definition) is 4. The molecule has 1 aliphatic heterocycles. The molecular weight excluding hydrogens is 501 g/mol. The number of para-hydroxylation sites is 1. The highest BCUT2D eigenvalue weighted by Crippen LogP contribution is 2.24. The minimum Gasteiger partial charge on any atom is -0.489 e. The highest BCUT2D eigenvalue weighted by molar-refractivity contribution is 6.42. The number of anilines is 1. The molecule has 7 nitrogen and oxygen atoms in total. The zero-order valence-electron chi connectivity index (χ0n) is 19.4. The number of imide groups is 1. The van der Waals surface area contributed by atoms with Crippen LogP contribution in [0.5, 0.6) is 5.75 Å². The average Bonchev–Trinajstić information content (AvgIpc) is 3.13. The molecule has 1 heterocycles. The van der Waals surface area contributed by atoms with Crippen LogP contribution in [-0.4, -0.2) is 29.3 Å². The molecule has 1 fully saturated rings. The van der Waals surface area contributed by atoms with Crippen molar-refractivity contribution in [2.45, 2.75) is 20.0 Å². The Kier molecular flexibility index (Phi) is 7.93. The topological polar surface area (TPSA) is 87.7 Å². The molecule has 0 radical (unpaired) electrons. The largest absolute Gasteiger partial charge is 0.489 e. The first-order chi connectivity index (χ1) is 17.3. The van der Waals surface area contributed by atoms with E-state index < -0.39 is 17.8 Å². The maximum Gasteiger partial charge on any atom is 0.329 e. The first kappa shape index (κ1) is 25.3. The Morgan fingerprint density at radius 1 is 1.03 bits per heavy atom. The van der Waals surface area contributed by atoms with Crippen molar-refractivity contribution in [3.63, 3.8) is 0 Å². The summed E-state index contributed by atoms with van der Waals surface area (Å²) in [6.45, 7) is 1.90. The number of carbonyl (C=O) groups is 3. The van der Waals surface area contributed by atoms with Gasteiger partial charge in [-0.2, -0.15) is 0 Å². The molecule has 0 saturated carbocycles. The number of ether oxygens (including phenoxy) is 1. The monoisotopic (exact) mass is 523 g/mol. The number of nitrogens with one attached hydrogen (secondary N) is 2. The molecule has 1 aliphatic rings. The van der Waals surface area contributed by atoms with Gasteiger partial charge < -0.3 is 15.4 Å². The number of urea groups is 1. The summed E-state index contributed by atoms with van der Waals surface area (Å²) >= 11 is 12.0. The number of halogens is 2.